The van der Waals surface area contributed by atoms with E-state index < -0.39 is 15.9 Å². The average Bonchev–Trinajstić information content (AvgIpc) is 3.65. The zero-order valence-corrected chi connectivity index (χ0v) is 27.3. The van der Waals surface area contributed by atoms with Gasteiger partial charge < -0.3 is 14.5 Å². The first-order valence-corrected chi connectivity index (χ1v) is 16.7. The van der Waals surface area contributed by atoms with Crippen molar-refractivity contribution < 1.29 is 27.2 Å². The van der Waals surface area contributed by atoms with Gasteiger partial charge in [0.15, 0.2) is 11.8 Å². The standard InChI is InChI=1S/C33H28ClN5O6S2/c1-22(16-23-6-3-2-4-7-23)19-36-38-33-39(20-27-8-5-15-44-27)32(41)30(46-33)18-24-17-25(34)9-14-29(24)45-21-31(40)37-26-10-12-28(13-11-26)47(35,42)43/h2-19H,20-21H2,1H3,(H,37,40)(H2,35,42,43)/b22-16+,30-18-,36-19-,38-33+. The number of hydrogen-bond donors (Lipinski definition) is 2. The Morgan fingerprint density at radius 3 is 2.55 bits per heavy atom. The highest BCUT2D eigenvalue weighted by Gasteiger charge is 2.34. The van der Waals surface area contributed by atoms with Gasteiger partial charge in [-0.1, -0.05) is 48.0 Å². The maximum Gasteiger partial charge on any atom is 0.267 e. The first-order chi connectivity index (χ1) is 22.5. The number of benzene rings is 3. The summed E-state index contributed by atoms with van der Waals surface area (Å²) >= 11 is 7.41. The summed E-state index contributed by atoms with van der Waals surface area (Å²) in [4.78, 5) is 27.9. The van der Waals surface area contributed by atoms with Gasteiger partial charge >= 0.3 is 0 Å². The summed E-state index contributed by atoms with van der Waals surface area (Å²) in [5.41, 5.74) is 2.71. The smallest absolute Gasteiger partial charge is 0.267 e. The molecule has 47 heavy (non-hydrogen) atoms. The second kappa shape index (κ2) is 15.1. The van der Waals surface area contributed by atoms with E-state index >= 15 is 0 Å². The molecule has 1 saturated heterocycles. The number of amidine groups is 1. The third-order valence-electron chi connectivity index (χ3n) is 6.46. The zero-order valence-electron chi connectivity index (χ0n) is 24.9. The Morgan fingerprint density at radius 2 is 1.85 bits per heavy atom. The van der Waals surface area contributed by atoms with Gasteiger partial charge in [-0.05, 0) is 90.5 Å². The fourth-order valence-electron chi connectivity index (χ4n) is 4.27. The minimum atomic E-state index is -3.86. The number of furan rings is 1. The van der Waals surface area contributed by atoms with Crippen molar-refractivity contribution in [2.45, 2.75) is 18.4 Å². The fraction of sp³-hybridized carbons (Fsp3) is 0.0909. The summed E-state index contributed by atoms with van der Waals surface area (Å²) < 4.78 is 34.2. The predicted octanol–water partition coefficient (Wildman–Crippen LogP) is 6.16. The molecule has 0 spiro atoms. The number of rotatable bonds is 11. The summed E-state index contributed by atoms with van der Waals surface area (Å²) in [6.45, 7) is 1.67. The molecule has 11 nitrogen and oxygen atoms in total. The molecule has 1 aromatic heterocycles. The Hall–Kier alpha value is -4.95. The van der Waals surface area contributed by atoms with Crippen molar-refractivity contribution >= 4 is 74.4 Å². The Kier molecular flexibility index (Phi) is 10.7. The predicted molar refractivity (Wildman–Crippen MR) is 184 cm³/mol. The summed E-state index contributed by atoms with van der Waals surface area (Å²) in [6.07, 6.45) is 6.71. The van der Waals surface area contributed by atoms with Crippen molar-refractivity contribution in [3.05, 3.63) is 124 Å². The van der Waals surface area contributed by atoms with Crippen LogP contribution in [0.15, 0.2) is 121 Å². The molecule has 1 aliphatic rings. The van der Waals surface area contributed by atoms with E-state index in [9.17, 15) is 18.0 Å². The number of carbonyl (C=O) groups is 2. The van der Waals surface area contributed by atoms with Crippen LogP contribution in [-0.2, 0) is 26.2 Å². The van der Waals surface area contributed by atoms with Crippen molar-refractivity contribution in [1.82, 2.24) is 4.90 Å². The zero-order chi connectivity index (χ0) is 33.4. The Bertz CT molecular complexity index is 1990. The first-order valence-electron chi connectivity index (χ1n) is 14.0. The number of nitrogens with two attached hydrogens (primary N) is 1. The van der Waals surface area contributed by atoms with E-state index in [1.54, 1.807) is 42.6 Å². The summed E-state index contributed by atoms with van der Waals surface area (Å²) in [7, 11) is -3.86. The molecule has 2 amide bonds. The van der Waals surface area contributed by atoms with Crippen LogP contribution in [0.25, 0.3) is 12.2 Å². The molecule has 0 atom stereocenters. The van der Waals surface area contributed by atoms with Crippen LogP contribution in [0.3, 0.4) is 0 Å². The number of nitrogens with one attached hydrogen (secondary N) is 1. The van der Waals surface area contributed by atoms with Crippen molar-refractivity contribution in [2.24, 2.45) is 15.3 Å². The highest BCUT2D eigenvalue weighted by atomic mass is 35.5. The monoisotopic (exact) mass is 689 g/mol. The molecule has 2 heterocycles. The molecule has 240 valence electrons. The van der Waals surface area contributed by atoms with Crippen LogP contribution in [0, 0.1) is 0 Å². The van der Waals surface area contributed by atoms with Crippen LogP contribution in [-0.4, -0.2) is 43.1 Å². The number of allylic oxidation sites excluding steroid dienone is 1. The Morgan fingerprint density at radius 1 is 1.09 bits per heavy atom. The second-order valence-corrected chi connectivity index (χ2v) is 13.1. The maximum atomic E-state index is 13.6. The molecule has 5 rings (SSSR count). The molecule has 1 fully saturated rings. The lowest BCUT2D eigenvalue weighted by molar-refractivity contribution is -0.122. The summed E-state index contributed by atoms with van der Waals surface area (Å²) in [5.74, 6) is 0.0389. The number of amides is 2. The molecule has 0 unspecified atom stereocenters. The normalized spacial score (nSPS) is 15.6. The van der Waals surface area contributed by atoms with Crippen LogP contribution >= 0.6 is 23.4 Å². The number of thioether (sulfide) groups is 1. The van der Waals surface area contributed by atoms with Crippen LogP contribution in [0.1, 0.15) is 23.8 Å². The van der Waals surface area contributed by atoms with E-state index in [2.05, 4.69) is 15.5 Å². The number of anilines is 1. The topological polar surface area (TPSA) is 157 Å². The van der Waals surface area contributed by atoms with Gasteiger partial charge in [0.2, 0.25) is 10.0 Å². The van der Waals surface area contributed by atoms with Gasteiger partial charge in [-0.2, -0.15) is 5.10 Å². The number of hydrogen-bond acceptors (Lipinski definition) is 9. The Balaban J connectivity index is 1.33. The van der Waals surface area contributed by atoms with Crippen molar-refractivity contribution in [1.29, 1.82) is 0 Å². The molecule has 14 heteroatoms. The average molecular weight is 690 g/mol. The van der Waals surface area contributed by atoms with Crippen molar-refractivity contribution in [3.63, 3.8) is 0 Å². The Labute approximate surface area is 280 Å². The van der Waals surface area contributed by atoms with E-state index in [0.29, 0.717) is 37.9 Å². The number of nitrogens with zero attached hydrogens (tertiary/aromatic N) is 3. The molecular weight excluding hydrogens is 662 g/mol. The molecule has 0 bridgehead atoms. The van der Waals surface area contributed by atoms with E-state index in [0.717, 1.165) is 22.9 Å². The van der Waals surface area contributed by atoms with Gasteiger partial charge in [0.05, 0.1) is 28.8 Å². The summed E-state index contributed by atoms with van der Waals surface area (Å²) in [6, 6.07) is 23.5. The number of primary sulfonamides is 1. The highest BCUT2D eigenvalue weighted by Crippen LogP contribution is 2.36. The van der Waals surface area contributed by atoms with Crippen molar-refractivity contribution in [3.8, 4) is 5.75 Å². The lowest BCUT2D eigenvalue weighted by Crippen LogP contribution is -2.28. The molecule has 1 aliphatic heterocycles. The number of halogens is 1. The third-order valence-corrected chi connectivity index (χ3v) is 8.63. The quantitative estimate of drug-likeness (QED) is 0.108. The lowest BCUT2D eigenvalue weighted by atomic mass is 10.1. The molecular formula is C33H28ClN5O6S2. The lowest BCUT2D eigenvalue weighted by Gasteiger charge is -2.13. The van der Waals surface area contributed by atoms with Gasteiger partial charge in [-0.15, -0.1) is 5.10 Å². The van der Waals surface area contributed by atoms with Crippen LogP contribution in [0.2, 0.25) is 5.02 Å². The minimum absolute atomic E-state index is 0.0809. The van der Waals surface area contributed by atoms with E-state index in [4.69, 9.17) is 25.9 Å². The molecule has 4 aromatic rings. The number of carbonyl (C=O) groups excluding carboxylic acids is 2. The van der Waals surface area contributed by atoms with Gasteiger partial charge in [-0.3, -0.25) is 14.5 Å². The fourth-order valence-corrected chi connectivity index (χ4v) is 5.89. The highest BCUT2D eigenvalue weighted by molar-refractivity contribution is 8.18. The van der Waals surface area contributed by atoms with E-state index in [1.807, 2.05) is 43.3 Å². The van der Waals surface area contributed by atoms with Crippen molar-refractivity contribution in [2.75, 3.05) is 11.9 Å². The number of ether oxygens (including phenoxy) is 1. The summed E-state index contributed by atoms with van der Waals surface area (Å²) in [5, 5.41) is 17.1. The van der Waals surface area contributed by atoms with Crippen LogP contribution in [0.5, 0.6) is 5.75 Å². The van der Waals surface area contributed by atoms with Crippen LogP contribution in [0.4, 0.5) is 5.69 Å². The molecule has 0 aliphatic carbocycles. The van der Waals surface area contributed by atoms with E-state index in [1.165, 1.54) is 35.4 Å². The van der Waals surface area contributed by atoms with Gasteiger partial charge in [-0.25, -0.2) is 13.6 Å². The maximum absolute atomic E-state index is 13.6. The van der Waals surface area contributed by atoms with E-state index in [-0.39, 0.29) is 24.0 Å². The van der Waals surface area contributed by atoms with Gasteiger partial charge in [0.25, 0.3) is 11.8 Å². The van der Waals surface area contributed by atoms with Gasteiger partial charge in [0, 0.05) is 16.3 Å². The SMILES string of the molecule is CC(/C=N\N=C1\S/C(=C\c2cc(Cl)ccc2OCC(=O)Nc2ccc(S(N)(=O)=O)cc2)C(=O)N1Cc1ccco1)=C\c1ccccc1. The molecule has 0 radical (unpaired) electrons. The second-order valence-electron chi connectivity index (χ2n) is 10.1. The first kappa shape index (κ1) is 33.4. The van der Waals surface area contributed by atoms with Crippen LogP contribution < -0.4 is 15.2 Å². The third kappa shape index (κ3) is 9.30. The molecule has 0 saturated carbocycles. The molecule has 3 N–H and O–H groups in total. The number of sulfonamides is 1. The minimum Gasteiger partial charge on any atom is -0.483 e. The largest absolute Gasteiger partial charge is 0.483 e. The van der Waals surface area contributed by atoms with Gasteiger partial charge in [0.1, 0.15) is 11.5 Å². The molecule has 3 aromatic carbocycles.